The van der Waals surface area contributed by atoms with Crippen molar-refractivity contribution in [3.8, 4) is 11.1 Å². The van der Waals surface area contributed by atoms with E-state index in [1.54, 1.807) is 6.07 Å². The van der Waals surface area contributed by atoms with Crippen molar-refractivity contribution in [2.45, 2.75) is 6.92 Å². The number of benzene rings is 3. The van der Waals surface area contributed by atoms with Crippen molar-refractivity contribution in [1.82, 2.24) is 9.97 Å². The number of nitrogens with one attached hydrogen (secondary N) is 3. The average Bonchev–Trinajstić information content (AvgIpc) is 3.04. The Balaban J connectivity index is 1.73. The molecule has 1 amide bonds. The molecule has 0 unspecified atom stereocenters. The van der Waals surface area contributed by atoms with E-state index in [4.69, 9.17) is 0 Å². The number of carbonyl (C=O) groups excluding carboxylic acids is 1. The van der Waals surface area contributed by atoms with Gasteiger partial charge in [-0.2, -0.15) is 0 Å². The number of H-pyrrole nitrogens is 2. The molecule has 1 heterocycles. The molecule has 0 saturated heterocycles. The van der Waals surface area contributed by atoms with Crippen LogP contribution in [0.5, 0.6) is 0 Å². The number of hydrogen-bond donors (Lipinski definition) is 3. The van der Waals surface area contributed by atoms with E-state index in [1.807, 2.05) is 37.3 Å². The topological polar surface area (TPSA) is 77.8 Å². The number of amides is 1. The Morgan fingerprint density at radius 1 is 1.00 bits per heavy atom. The molecular weight excluding hydrogens is 345 g/mol. The largest absolute Gasteiger partial charge is 0.323 e. The van der Waals surface area contributed by atoms with Crippen LogP contribution < -0.4 is 11.0 Å². The van der Waals surface area contributed by atoms with Gasteiger partial charge in [-0.15, -0.1) is 0 Å². The fourth-order valence-corrected chi connectivity index (χ4v) is 3.06. The number of imidazole rings is 1. The maximum atomic E-state index is 13.0. The molecule has 0 spiro atoms. The molecule has 0 aliphatic heterocycles. The number of aromatic amines is 2. The monoisotopic (exact) mass is 361 g/mol. The minimum absolute atomic E-state index is 0.279. The van der Waals surface area contributed by atoms with Gasteiger partial charge < -0.3 is 15.3 Å². The van der Waals surface area contributed by atoms with Gasteiger partial charge in [-0.3, -0.25) is 4.79 Å². The summed E-state index contributed by atoms with van der Waals surface area (Å²) in [5, 5.41) is 2.78. The van der Waals surface area contributed by atoms with Gasteiger partial charge in [0.15, 0.2) is 0 Å². The Kier molecular flexibility index (Phi) is 4.08. The Morgan fingerprint density at radius 3 is 2.56 bits per heavy atom. The fourth-order valence-electron chi connectivity index (χ4n) is 3.06. The second-order valence-corrected chi connectivity index (χ2v) is 6.30. The first-order chi connectivity index (χ1) is 13.0. The van der Waals surface area contributed by atoms with Gasteiger partial charge in [-0.1, -0.05) is 24.3 Å². The predicted molar refractivity (Wildman–Crippen MR) is 103 cm³/mol. The van der Waals surface area contributed by atoms with E-state index in [-0.39, 0.29) is 17.4 Å². The molecule has 0 saturated carbocycles. The first-order valence-electron chi connectivity index (χ1n) is 8.40. The molecule has 5 nitrogen and oxygen atoms in total. The molecular formula is C21H16FN3O2. The fraction of sp³-hybridized carbons (Fsp3) is 0.0476. The van der Waals surface area contributed by atoms with Crippen molar-refractivity contribution < 1.29 is 9.18 Å². The molecule has 6 heteroatoms. The highest BCUT2D eigenvalue weighted by molar-refractivity contribution is 6.06. The molecule has 27 heavy (non-hydrogen) atoms. The van der Waals surface area contributed by atoms with E-state index < -0.39 is 0 Å². The van der Waals surface area contributed by atoms with Crippen molar-refractivity contribution in [3.63, 3.8) is 0 Å². The molecule has 0 aliphatic rings. The van der Waals surface area contributed by atoms with Crippen molar-refractivity contribution in [2.24, 2.45) is 0 Å². The van der Waals surface area contributed by atoms with Crippen LogP contribution in [0, 0.1) is 12.7 Å². The molecule has 0 atom stereocenters. The molecule has 3 N–H and O–H groups in total. The highest BCUT2D eigenvalue weighted by atomic mass is 19.1. The van der Waals surface area contributed by atoms with E-state index in [9.17, 15) is 14.0 Å². The minimum atomic E-state index is -0.361. The number of anilines is 1. The molecule has 134 valence electrons. The summed E-state index contributed by atoms with van der Waals surface area (Å²) >= 11 is 0. The standard InChI is InChI=1S/C21H16FN3O2/c1-12-5-6-13(16-3-2-4-18-19(16)25-21(27)24-18)11-17(12)20(26)23-15-9-7-14(22)8-10-15/h2-11H,1H3,(H,23,26)(H2,24,25,27). The van der Waals surface area contributed by atoms with E-state index in [0.29, 0.717) is 22.3 Å². The normalized spacial score (nSPS) is 10.9. The van der Waals surface area contributed by atoms with E-state index in [1.165, 1.54) is 24.3 Å². The molecule has 0 bridgehead atoms. The third kappa shape index (κ3) is 3.25. The smallest absolute Gasteiger partial charge is 0.322 e. The SMILES string of the molecule is Cc1ccc(-c2cccc3[nH]c(=O)[nH]c23)cc1C(=O)Nc1ccc(F)cc1. The number of fused-ring (bicyclic) bond motifs is 1. The van der Waals surface area contributed by atoms with Crippen LogP contribution >= 0.6 is 0 Å². The van der Waals surface area contributed by atoms with Crippen molar-refractivity contribution in [3.05, 3.63) is 88.1 Å². The van der Waals surface area contributed by atoms with Gasteiger partial charge in [-0.05, 0) is 54.4 Å². The van der Waals surface area contributed by atoms with Gasteiger partial charge >= 0.3 is 5.69 Å². The number of carbonyl (C=O) groups is 1. The van der Waals surface area contributed by atoms with Gasteiger partial charge in [0.2, 0.25) is 0 Å². The molecule has 0 fully saturated rings. The van der Waals surface area contributed by atoms with Crippen LogP contribution in [0.3, 0.4) is 0 Å². The molecule has 0 aliphatic carbocycles. The van der Waals surface area contributed by atoms with Crippen LogP contribution in [-0.4, -0.2) is 15.9 Å². The maximum Gasteiger partial charge on any atom is 0.323 e. The Morgan fingerprint density at radius 2 is 1.78 bits per heavy atom. The quantitative estimate of drug-likeness (QED) is 0.511. The van der Waals surface area contributed by atoms with Gasteiger partial charge in [0, 0.05) is 16.8 Å². The van der Waals surface area contributed by atoms with Crippen LogP contribution in [0.2, 0.25) is 0 Å². The third-order valence-electron chi connectivity index (χ3n) is 4.45. The first kappa shape index (κ1) is 16.8. The summed E-state index contributed by atoms with van der Waals surface area (Å²) in [4.78, 5) is 29.8. The summed E-state index contributed by atoms with van der Waals surface area (Å²) in [6.45, 7) is 1.85. The number of halogens is 1. The minimum Gasteiger partial charge on any atom is -0.322 e. The summed E-state index contributed by atoms with van der Waals surface area (Å²) in [5.74, 6) is -0.643. The molecule has 4 rings (SSSR count). The van der Waals surface area contributed by atoms with Gasteiger partial charge in [0.05, 0.1) is 11.0 Å². The molecule has 3 aromatic carbocycles. The Hall–Kier alpha value is -3.67. The number of para-hydroxylation sites is 1. The summed E-state index contributed by atoms with van der Waals surface area (Å²) in [7, 11) is 0. The number of hydrogen-bond acceptors (Lipinski definition) is 2. The highest BCUT2D eigenvalue weighted by Crippen LogP contribution is 2.28. The van der Waals surface area contributed by atoms with Gasteiger partial charge in [0.1, 0.15) is 5.82 Å². The lowest BCUT2D eigenvalue weighted by molar-refractivity contribution is 0.102. The van der Waals surface area contributed by atoms with E-state index >= 15 is 0 Å². The summed E-state index contributed by atoms with van der Waals surface area (Å²) < 4.78 is 13.0. The van der Waals surface area contributed by atoms with Crippen LogP contribution in [0.4, 0.5) is 10.1 Å². The summed E-state index contributed by atoms with van der Waals surface area (Å²) in [5.41, 5.74) is 4.58. The van der Waals surface area contributed by atoms with Crippen molar-refractivity contribution >= 4 is 22.6 Å². The maximum absolute atomic E-state index is 13.0. The van der Waals surface area contributed by atoms with Crippen LogP contribution in [0.15, 0.2) is 65.5 Å². The van der Waals surface area contributed by atoms with Crippen LogP contribution in [0.1, 0.15) is 15.9 Å². The van der Waals surface area contributed by atoms with E-state index in [0.717, 1.165) is 16.7 Å². The second-order valence-electron chi connectivity index (χ2n) is 6.30. The first-order valence-corrected chi connectivity index (χ1v) is 8.40. The van der Waals surface area contributed by atoms with E-state index in [2.05, 4.69) is 15.3 Å². The highest BCUT2D eigenvalue weighted by Gasteiger charge is 2.13. The zero-order chi connectivity index (χ0) is 19.0. The third-order valence-corrected chi connectivity index (χ3v) is 4.45. The van der Waals surface area contributed by atoms with Crippen LogP contribution in [0.25, 0.3) is 22.2 Å². The van der Waals surface area contributed by atoms with Crippen molar-refractivity contribution in [2.75, 3.05) is 5.32 Å². The lowest BCUT2D eigenvalue weighted by atomic mass is 9.98. The molecule has 4 aromatic rings. The second kappa shape index (κ2) is 6.57. The number of rotatable bonds is 3. The van der Waals surface area contributed by atoms with Gasteiger partial charge in [0.25, 0.3) is 5.91 Å². The zero-order valence-electron chi connectivity index (χ0n) is 14.5. The Bertz CT molecular complexity index is 1210. The average molecular weight is 361 g/mol. The lowest BCUT2D eigenvalue weighted by Crippen LogP contribution is -2.13. The Labute approximate surface area is 153 Å². The zero-order valence-corrected chi connectivity index (χ0v) is 14.5. The lowest BCUT2D eigenvalue weighted by Gasteiger charge is -2.11. The summed E-state index contributed by atoms with van der Waals surface area (Å²) in [6, 6.07) is 16.7. The number of aromatic nitrogens is 2. The van der Waals surface area contributed by atoms with Crippen molar-refractivity contribution in [1.29, 1.82) is 0 Å². The molecule has 1 aromatic heterocycles. The van der Waals surface area contributed by atoms with Gasteiger partial charge in [-0.25, -0.2) is 9.18 Å². The van der Waals surface area contributed by atoms with Crippen LogP contribution in [-0.2, 0) is 0 Å². The summed E-state index contributed by atoms with van der Waals surface area (Å²) in [6.07, 6.45) is 0. The predicted octanol–water partition coefficient (Wildman–Crippen LogP) is 4.22. The molecule has 0 radical (unpaired) electrons. The number of aryl methyl sites for hydroxylation is 1.